The molecular formula is C15H29N5. The molecule has 1 aromatic rings. The Morgan fingerprint density at radius 1 is 1.45 bits per heavy atom. The van der Waals surface area contributed by atoms with Crippen molar-refractivity contribution in [3.8, 4) is 0 Å². The molecule has 0 bridgehead atoms. The van der Waals surface area contributed by atoms with Gasteiger partial charge >= 0.3 is 0 Å². The van der Waals surface area contributed by atoms with Crippen LogP contribution in [0.2, 0.25) is 0 Å². The summed E-state index contributed by atoms with van der Waals surface area (Å²) in [6.45, 7) is 8.41. The molecule has 1 aromatic heterocycles. The van der Waals surface area contributed by atoms with Gasteiger partial charge in [0, 0.05) is 38.4 Å². The van der Waals surface area contributed by atoms with E-state index in [-0.39, 0.29) is 6.04 Å². The second-order valence-electron chi connectivity index (χ2n) is 6.23. The molecule has 2 N–H and O–H groups in total. The third-order valence-electron chi connectivity index (χ3n) is 4.48. The molecule has 20 heavy (non-hydrogen) atoms. The number of likely N-dealkylation sites (tertiary alicyclic amines) is 1. The van der Waals surface area contributed by atoms with Gasteiger partial charge in [0.2, 0.25) is 0 Å². The molecular weight excluding hydrogens is 250 g/mol. The van der Waals surface area contributed by atoms with Gasteiger partial charge < -0.3 is 15.2 Å². The molecule has 0 aliphatic carbocycles. The number of nitrogens with two attached hydrogens (primary N) is 1. The highest BCUT2D eigenvalue weighted by Gasteiger charge is 2.35. The third kappa shape index (κ3) is 3.05. The number of hydrogen-bond acceptors (Lipinski definition) is 4. The van der Waals surface area contributed by atoms with Gasteiger partial charge in [0.25, 0.3) is 0 Å². The molecule has 3 atom stereocenters. The molecule has 5 nitrogen and oxygen atoms in total. The van der Waals surface area contributed by atoms with Crippen molar-refractivity contribution in [2.75, 3.05) is 33.7 Å². The zero-order chi connectivity index (χ0) is 14.7. The summed E-state index contributed by atoms with van der Waals surface area (Å²) in [4.78, 5) is 9.19. The van der Waals surface area contributed by atoms with Crippen LogP contribution in [0.5, 0.6) is 0 Å². The first-order valence-electron chi connectivity index (χ1n) is 7.69. The van der Waals surface area contributed by atoms with Crippen molar-refractivity contribution < 1.29 is 0 Å². The predicted molar refractivity (Wildman–Crippen MR) is 82.5 cm³/mol. The van der Waals surface area contributed by atoms with Crippen LogP contribution in [0.1, 0.15) is 32.0 Å². The van der Waals surface area contributed by atoms with Gasteiger partial charge in [0.1, 0.15) is 0 Å². The van der Waals surface area contributed by atoms with Gasteiger partial charge in [-0.2, -0.15) is 0 Å². The van der Waals surface area contributed by atoms with Crippen molar-refractivity contribution in [2.24, 2.45) is 11.7 Å². The molecule has 1 aliphatic rings. The van der Waals surface area contributed by atoms with E-state index in [1.165, 1.54) is 5.69 Å². The molecule has 1 saturated heterocycles. The molecule has 0 saturated carbocycles. The lowest BCUT2D eigenvalue weighted by molar-refractivity contribution is 0.213. The number of aromatic nitrogens is 2. The lowest BCUT2D eigenvalue weighted by Gasteiger charge is -2.28. The Kier molecular flexibility index (Phi) is 5.18. The first-order valence-corrected chi connectivity index (χ1v) is 7.69. The highest BCUT2D eigenvalue weighted by molar-refractivity contribution is 5.08. The smallest absolute Gasteiger partial charge is 0.0948 e. The first kappa shape index (κ1) is 15.5. The van der Waals surface area contributed by atoms with E-state index in [9.17, 15) is 0 Å². The molecule has 5 heteroatoms. The SMILES string of the molecule is CCCn1cncc1C(CN)N1CC(C)C(N(C)C)C1. The largest absolute Gasteiger partial charge is 0.333 e. The molecule has 0 spiro atoms. The van der Waals surface area contributed by atoms with E-state index in [1.54, 1.807) is 0 Å². The van der Waals surface area contributed by atoms with Gasteiger partial charge in [-0.1, -0.05) is 13.8 Å². The number of rotatable bonds is 6. The van der Waals surface area contributed by atoms with Gasteiger partial charge in [-0.3, -0.25) is 4.90 Å². The highest BCUT2D eigenvalue weighted by Crippen LogP contribution is 2.28. The quantitative estimate of drug-likeness (QED) is 0.849. The van der Waals surface area contributed by atoms with Crippen molar-refractivity contribution >= 4 is 0 Å². The standard InChI is InChI=1S/C15H29N5/c1-5-6-19-11-17-8-14(19)13(7-16)20-9-12(2)15(10-20)18(3)4/h8,11-13,15H,5-7,9-10,16H2,1-4H3. The van der Waals surface area contributed by atoms with Crippen molar-refractivity contribution in [3.05, 3.63) is 18.2 Å². The fourth-order valence-corrected chi connectivity index (χ4v) is 3.41. The van der Waals surface area contributed by atoms with Crippen LogP contribution in [0.3, 0.4) is 0 Å². The maximum Gasteiger partial charge on any atom is 0.0948 e. The van der Waals surface area contributed by atoms with Gasteiger partial charge in [-0.15, -0.1) is 0 Å². The second kappa shape index (κ2) is 6.70. The van der Waals surface area contributed by atoms with E-state index in [4.69, 9.17) is 5.73 Å². The van der Waals surface area contributed by atoms with E-state index in [0.717, 1.165) is 26.1 Å². The van der Waals surface area contributed by atoms with Gasteiger partial charge in [-0.05, 0) is 26.4 Å². The molecule has 3 unspecified atom stereocenters. The molecule has 2 heterocycles. The van der Waals surface area contributed by atoms with Crippen molar-refractivity contribution in [1.82, 2.24) is 19.4 Å². The average molecular weight is 279 g/mol. The second-order valence-corrected chi connectivity index (χ2v) is 6.23. The molecule has 0 radical (unpaired) electrons. The lowest BCUT2D eigenvalue weighted by atomic mass is 10.1. The Balaban J connectivity index is 2.15. The van der Waals surface area contributed by atoms with Gasteiger partial charge in [0.05, 0.1) is 18.1 Å². The number of imidazole rings is 1. The van der Waals surface area contributed by atoms with E-state index >= 15 is 0 Å². The summed E-state index contributed by atoms with van der Waals surface area (Å²) in [5.41, 5.74) is 7.34. The van der Waals surface area contributed by atoms with E-state index in [0.29, 0.717) is 18.5 Å². The summed E-state index contributed by atoms with van der Waals surface area (Å²) in [6.07, 6.45) is 5.04. The number of aryl methyl sites for hydroxylation is 1. The van der Waals surface area contributed by atoms with Crippen LogP contribution in [0.15, 0.2) is 12.5 Å². The Bertz CT molecular complexity index is 414. The number of nitrogens with zero attached hydrogens (tertiary/aromatic N) is 4. The molecule has 0 amide bonds. The fourth-order valence-electron chi connectivity index (χ4n) is 3.41. The van der Waals surface area contributed by atoms with Crippen LogP contribution < -0.4 is 5.73 Å². The van der Waals surface area contributed by atoms with Crippen LogP contribution in [-0.2, 0) is 6.54 Å². The van der Waals surface area contributed by atoms with Crippen LogP contribution in [0.4, 0.5) is 0 Å². The van der Waals surface area contributed by atoms with Crippen LogP contribution in [0, 0.1) is 5.92 Å². The van der Waals surface area contributed by atoms with Gasteiger partial charge in [-0.25, -0.2) is 4.98 Å². The third-order valence-corrected chi connectivity index (χ3v) is 4.48. The normalized spacial score (nSPS) is 25.5. The summed E-state index contributed by atoms with van der Waals surface area (Å²) < 4.78 is 2.26. The minimum Gasteiger partial charge on any atom is -0.333 e. The zero-order valence-electron chi connectivity index (χ0n) is 13.3. The fraction of sp³-hybridized carbons (Fsp3) is 0.800. The minimum absolute atomic E-state index is 0.288. The lowest BCUT2D eigenvalue weighted by Crippen LogP contribution is -2.37. The summed E-state index contributed by atoms with van der Waals surface area (Å²) >= 11 is 0. The van der Waals surface area contributed by atoms with E-state index in [2.05, 4.69) is 47.3 Å². The van der Waals surface area contributed by atoms with Gasteiger partial charge in [0.15, 0.2) is 0 Å². The topological polar surface area (TPSA) is 50.3 Å². The maximum absolute atomic E-state index is 6.08. The Labute approximate surface area is 122 Å². The van der Waals surface area contributed by atoms with Crippen molar-refractivity contribution in [3.63, 3.8) is 0 Å². The summed E-state index contributed by atoms with van der Waals surface area (Å²) in [5, 5.41) is 0. The van der Waals surface area contributed by atoms with Crippen LogP contribution in [-0.4, -0.2) is 59.1 Å². The van der Waals surface area contributed by atoms with E-state index in [1.807, 2.05) is 12.5 Å². The summed E-state index contributed by atoms with van der Waals surface area (Å²) in [5.74, 6) is 0.682. The summed E-state index contributed by atoms with van der Waals surface area (Å²) in [7, 11) is 4.34. The predicted octanol–water partition coefficient (Wildman–Crippen LogP) is 1.17. The minimum atomic E-state index is 0.288. The Morgan fingerprint density at radius 3 is 2.75 bits per heavy atom. The first-order chi connectivity index (χ1) is 9.58. The van der Waals surface area contributed by atoms with Crippen LogP contribution in [0.25, 0.3) is 0 Å². The Hall–Kier alpha value is -0.910. The van der Waals surface area contributed by atoms with Crippen molar-refractivity contribution in [2.45, 2.75) is 38.9 Å². The average Bonchev–Trinajstić information content (AvgIpc) is 2.99. The molecule has 1 aliphatic heterocycles. The van der Waals surface area contributed by atoms with Crippen LogP contribution >= 0.6 is 0 Å². The van der Waals surface area contributed by atoms with E-state index < -0.39 is 0 Å². The molecule has 114 valence electrons. The molecule has 2 rings (SSSR count). The number of hydrogen-bond donors (Lipinski definition) is 1. The molecule has 0 aromatic carbocycles. The Morgan fingerprint density at radius 2 is 2.20 bits per heavy atom. The highest BCUT2D eigenvalue weighted by atomic mass is 15.3. The number of likely N-dealkylation sites (N-methyl/N-ethyl adjacent to an activating group) is 1. The maximum atomic E-state index is 6.08. The molecule has 1 fully saturated rings. The monoisotopic (exact) mass is 279 g/mol. The zero-order valence-corrected chi connectivity index (χ0v) is 13.3. The van der Waals surface area contributed by atoms with Crippen molar-refractivity contribution in [1.29, 1.82) is 0 Å². The summed E-state index contributed by atoms with van der Waals surface area (Å²) in [6, 6.07) is 0.906.